The van der Waals surface area contributed by atoms with Crippen LogP contribution >= 0.6 is 11.3 Å². The minimum atomic E-state index is -3.35. The van der Waals surface area contributed by atoms with Crippen molar-refractivity contribution >= 4 is 21.4 Å². The van der Waals surface area contributed by atoms with Crippen molar-refractivity contribution in [3.05, 3.63) is 17.0 Å². The summed E-state index contributed by atoms with van der Waals surface area (Å²) in [6, 6.07) is 3.89. The summed E-state index contributed by atoms with van der Waals surface area (Å²) in [6.45, 7) is 7.87. The highest BCUT2D eigenvalue weighted by molar-refractivity contribution is 7.91. The molecule has 1 aliphatic rings. The number of hydrogen-bond donors (Lipinski definition) is 1. The van der Waals surface area contributed by atoms with Crippen molar-refractivity contribution in [3.8, 4) is 0 Å². The highest BCUT2D eigenvalue weighted by Crippen LogP contribution is 2.32. The van der Waals surface area contributed by atoms with Gasteiger partial charge in [-0.1, -0.05) is 13.3 Å². The SMILES string of the molecule is CCCNCc1ccc(S(=O)(=O)N2[C@H](C)CCC[C@@H]2C)s1. The molecule has 1 N–H and O–H groups in total. The second-order valence-corrected chi connectivity index (χ2v) is 9.10. The van der Waals surface area contributed by atoms with Gasteiger partial charge in [-0.05, 0) is 51.8 Å². The van der Waals surface area contributed by atoms with Crippen LogP contribution in [0, 0.1) is 0 Å². The number of nitrogens with zero attached hydrogens (tertiary/aromatic N) is 1. The number of hydrogen-bond acceptors (Lipinski definition) is 4. The highest BCUT2D eigenvalue weighted by atomic mass is 32.2. The Bertz CT molecular complexity index is 544. The molecule has 1 aromatic rings. The molecule has 0 unspecified atom stereocenters. The molecule has 6 heteroatoms. The van der Waals surface area contributed by atoms with Crippen LogP contribution in [0.3, 0.4) is 0 Å². The summed E-state index contributed by atoms with van der Waals surface area (Å²) in [5.74, 6) is 0. The summed E-state index contributed by atoms with van der Waals surface area (Å²) in [7, 11) is -3.35. The molecule has 1 fully saturated rings. The fourth-order valence-corrected chi connectivity index (χ4v) is 6.27. The first kappa shape index (κ1) is 16.9. The van der Waals surface area contributed by atoms with Crippen molar-refractivity contribution in [1.82, 2.24) is 9.62 Å². The van der Waals surface area contributed by atoms with E-state index in [1.807, 2.05) is 19.9 Å². The number of rotatable bonds is 6. The van der Waals surface area contributed by atoms with Crippen molar-refractivity contribution in [1.29, 1.82) is 0 Å². The summed E-state index contributed by atoms with van der Waals surface area (Å²) in [6.07, 6.45) is 4.12. The van der Waals surface area contributed by atoms with Crippen LogP contribution in [0.25, 0.3) is 0 Å². The average molecular weight is 331 g/mol. The molecule has 2 atom stereocenters. The van der Waals surface area contributed by atoms with Gasteiger partial charge in [-0.3, -0.25) is 0 Å². The number of thiophene rings is 1. The number of nitrogens with one attached hydrogen (secondary N) is 1. The Kier molecular flexibility index (Phi) is 5.82. The minimum absolute atomic E-state index is 0.0996. The molecule has 0 amide bonds. The van der Waals surface area contributed by atoms with E-state index in [1.165, 1.54) is 11.3 Å². The van der Waals surface area contributed by atoms with E-state index in [0.717, 1.165) is 43.6 Å². The first-order valence-electron chi connectivity index (χ1n) is 7.79. The molecule has 4 nitrogen and oxygen atoms in total. The molecule has 0 spiro atoms. The molecular formula is C15H26N2O2S2. The Hall–Kier alpha value is -0.430. The molecule has 2 heterocycles. The van der Waals surface area contributed by atoms with E-state index in [9.17, 15) is 8.42 Å². The quantitative estimate of drug-likeness (QED) is 0.815. The van der Waals surface area contributed by atoms with Gasteiger partial charge in [0.15, 0.2) is 0 Å². The zero-order valence-corrected chi connectivity index (χ0v) is 14.8. The van der Waals surface area contributed by atoms with Crippen LogP contribution in [0.2, 0.25) is 0 Å². The molecular weight excluding hydrogens is 304 g/mol. The van der Waals surface area contributed by atoms with Crippen LogP contribution in [-0.2, 0) is 16.6 Å². The van der Waals surface area contributed by atoms with Crippen molar-refractivity contribution in [2.24, 2.45) is 0 Å². The smallest absolute Gasteiger partial charge is 0.253 e. The third kappa shape index (κ3) is 3.86. The van der Waals surface area contributed by atoms with Crippen LogP contribution in [-0.4, -0.2) is 31.4 Å². The maximum Gasteiger partial charge on any atom is 0.253 e. The lowest BCUT2D eigenvalue weighted by molar-refractivity contribution is 0.204. The molecule has 21 heavy (non-hydrogen) atoms. The Morgan fingerprint density at radius 3 is 2.57 bits per heavy atom. The van der Waals surface area contributed by atoms with E-state index < -0.39 is 10.0 Å². The lowest BCUT2D eigenvalue weighted by Crippen LogP contribution is -2.47. The molecule has 0 aliphatic carbocycles. The van der Waals surface area contributed by atoms with Gasteiger partial charge in [0.1, 0.15) is 4.21 Å². The molecule has 1 aliphatic heterocycles. The third-order valence-corrected chi connectivity index (χ3v) is 7.69. The van der Waals surface area contributed by atoms with Gasteiger partial charge in [0.25, 0.3) is 10.0 Å². The largest absolute Gasteiger partial charge is 0.312 e. The maximum absolute atomic E-state index is 12.9. The van der Waals surface area contributed by atoms with Gasteiger partial charge >= 0.3 is 0 Å². The van der Waals surface area contributed by atoms with Gasteiger partial charge in [0, 0.05) is 23.5 Å². The fraction of sp³-hybridized carbons (Fsp3) is 0.733. The molecule has 0 saturated carbocycles. The van der Waals surface area contributed by atoms with Gasteiger partial charge in [-0.2, -0.15) is 4.31 Å². The lowest BCUT2D eigenvalue weighted by atomic mass is 10.0. The van der Waals surface area contributed by atoms with Crippen molar-refractivity contribution < 1.29 is 8.42 Å². The van der Waals surface area contributed by atoms with Crippen molar-refractivity contribution in [2.45, 2.75) is 69.3 Å². The van der Waals surface area contributed by atoms with Gasteiger partial charge in [0.2, 0.25) is 0 Å². The van der Waals surface area contributed by atoms with Crippen molar-refractivity contribution in [3.63, 3.8) is 0 Å². The molecule has 120 valence electrons. The number of piperidine rings is 1. The van der Waals surface area contributed by atoms with E-state index in [0.29, 0.717) is 4.21 Å². The second-order valence-electron chi connectivity index (χ2n) is 5.86. The van der Waals surface area contributed by atoms with E-state index in [4.69, 9.17) is 0 Å². The summed E-state index contributed by atoms with van der Waals surface area (Å²) >= 11 is 1.40. The molecule has 0 aromatic carbocycles. The standard InChI is InChI=1S/C15H26N2O2S2/c1-4-10-16-11-14-8-9-15(20-14)21(18,19)17-12(2)6-5-7-13(17)3/h8-9,12-13,16H,4-7,10-11H2,1-3H3/t12-,13+. The average Bonchev–Trinajstić information content (AvgIpc) is 2.88. The molecule has 2 rings (SSSR count). The Morgan fingerprint density at radius 1 is 1.29 bits per heavy atom. The molecule has 1 saturated heterocycles. The van der Waals surface area contributed by atoms with Crippen LogP contribution in [0.4, 0.5) is 0 Å². The fourth-order valence-electron chi connectivity index (χ4n) is 2.96. The van der Waals surface area contributed by atoms with Gasteiger partial charge < -0.3 is 5.32 Å². The topological polar surface area (TPSA) is 49.4 Å². The second kappa shape index (κ2) is 7.22. The van der Waals surface area contributed by atoms with Crippen LogP contribution in [0.15, 0.2) is 16.3 Å². The third-order valence-electron chi connectivity index (χ3n) is 4.01. The minimum Gasteiger partial charge on any atom is -0.312 e. The predicted octanol–water partition coefficient (Wildman–Crippen LogP) is 3.20. The Labute approximate surface area is 132 Å². The number of sulfonamides is 1. The molecule has 1 aromatic heterocycles. The van der Waals surface area contributed by atoms with Crippen LogP contribution in [0.1, 0.15) is 51.3 Å². The molecule has 0 radical (unpaired) electrons. The van der Waals surface area contributed by atoms with Gasteiger partial charge in [0.05, 0.1) is 0 Å². The monoisotopic (exact) mass is 330 g/mol. The predicted molar refractivity (Wildman–Crippen MR) is 88.1 cm³/mol. The zero-order valence-electron chi connectivity index (χ0n) is 13.1. The summed E-state index contributed by atoms with van der Waals surface area (Å²) < 4.78 is 27.9. The Morgan fingerprint density at radius 2 is 1.95 bits per heavy atom. The first-order valence-corrected chi connectivity index (χ1v) is 10.1. The van der Waals surface area contributed by atoms with Gasteiger partial charge in [-0.25, -0.2) is 8.42 Å². The first-order chi connectivity index (χ1) is 9.96. The highest BCUT2D eigenvalue weighted by Gasteiger charge is 2.36. The molecule has 0 bridgehead atoms. The maximum atomic E-state index is 12.9. The normalized spacial score (nSPS) is 24.3. The van der Waals surface area contributed by atoms with E-state index in [1.54, 1.807) is 10.4 Å². The van der Waals surface area contributed by atoms with Crippen molar-refractivity contribution in [2.75, 3.05) is 6.54 Å². The van der Waals surface area contributed by atoms with Crippen LogP contribution in [0.5, 0.6) is 0 Å². The Balaban J connectivity index is 2.15. The zero-order chi connectivity index (χ0) is 15.5. The van der Waals surface area contributed by atoms with E-state index in [2.05, 4.69) is 12.2 Å². The van der Waals surface area contributed by atoms with Crippen LogP contribution < -0.4 is 5.32 Å². The van der Waals surface area contributed by atoms with Gasteiger partial charge in [-0.15, -0.1) is 11.3 Å². The van der Waals surface area contributed by atoms with E-state index in [-0.39, 0.29) is 12.1 Å². The summed E-state index contributed by atoms with van der Waals surface area (Å²) in [4.78, 5) is 1.08. The summed E-state index contributed by atoms with van der Waals surface area (Å²) in [5, 5.41) is 3.32. The summed E-state index contributed by atoms with van der Waals surface area (Å²) in [5.41, 5.74) is 0. The lowest BCUT2D eigenvalue weighted by Gasteiger charge is -2.37. The van der Waals surface area contributed by atoms with E-state index >= 15 is 0 Å².